The van der Waals surface area contributed by atoms with Gasteiger partial charge in [0.1, 0.15) is 5.75 Å². The maximum atomic E-state index is 9.43. The fourth-order valence-corrected chi connectivity index (χ4v) is 1.58. The van der Waals surface area contributed by atoms with Crippen LogP contribution >= 0.6 is 11.8 Å². The molecular formula is C9H12O3S. The van der Waals surface area contributed by atoms with Crippen LogP contribution in [0.25, 0.3) is 0 Å². The van der Waals surface area contributed by atoms with Crippen molar-refractivity contribution in [3.05, 3.63) is 12.1 Å². The number of phenolic OH excluding ortho intramolecular Hbond substituents is 1. The first kappa shape index (κ1) is 10.1. The van der Waals surface area contributed by atoms with E-state index in [-0.39, 0.29) is 5.75 Å². The van der Waals surface area contributed by atoms with Crippen molar-refractivity contribution >= 4 is 11.8 Å². The Hall–Kier alpha value is -1.03. The van der Waals surface area contributed by atoms with E-state index in [1.54, 1.807) is 31.0 Å². The number of hydrogen-bond donors (Lipinski definition) is 1. The number of hydrogen-bond acceptors (Lipinski definition) is 4. The van der Waals surface area contributed by atoms with Gasteiger partial charge in [0, 0.05) is 12.1 Å². The van der Waals surface area contributed by atoms with Crippen LogP contribution in [0.3, 0.4) is 0 Å². The van der Waals surface area contributed by atoms with Crippen LogP contribution < -0.4 is 9.47 Å². The minimum Gasteiger partial charge on any atom is -0.504 e. The van der Waals surface area contributed by atoms with Gasteiger partial charge in [-0.3, -0.25) is 0 Å². The van der Waals surface area contributed by atoms with Gasteiger partial charge in [0.2, 0.25) is 0 Å². The van der Waals surface area contributed by atoms with Crippen LogP contribution in [0.15, 0.2) is 17.0 Å². The van der Waals surface area contributed by atoms with Gasteiger partial charge in [-0.2, -0.15) is 0 Å². The van der Waals surface area contributed by atoms with Gasteiger partial charge in [-0.05, 0) is 6.26 Å². The van der Waals surface area contributed by atoms with E-state index < -0.39 is 0 Å². The number of phenols is 1. The van der Waals surface area contributed by atoms with Crippen molar-refractivity contribution in [2.24, 2.45) is 0 Å². The van der Waals surface area contributed by atoms with Gasteiger partial charge in [0.05, 0.1) is 19.1 Å². The number of rotatable bonds is 3. The third-order valence-electron chi connectivity index (χ3n) is 1.69. The maximum Gasteiger partial charge on any atom is 0.161 e. The third kappa shape index (κ3) is 2.01. The number of methoxy groups -OCH3 is 2. The summed E-state index contributed by atoms with van der Waals surface area (Å²) >= 11 is 1.54. The lowest BCUT2D eigenvalue weighted by atomic mass is 10.3. The second kappa shape index (κ2) is 4.28. The summed E-state index contributed by atoms with van der Waals surface area (Å²) in [6.45, 7) is 0. The molecule has 0 aliphatic heterocycles. The zero-order chi connectivity index (χ0) is 9.84. The predicted octanol–water partition coefficient (Wildman–Crippen LogP) is 2.13. The van der Waals surface area contributed by atoms with Crippen LogP contribution in [0.5, 0.6) is 17.2 Å². The average molecular weight is 200 g/mol. The highest BCUT2D eigenvalue weighted by Gasteiger charge is 2.08. The number of ether oxygens (including phenoxy) is 2. The molecule has 0 aliphatic rings. The van der Waals surface area contributed by atoms with Gasteiger partial charge in [0.15, 0.2) is 11.5 Å². The third-order valence-corrected chi connectivity index (χ3v) is 2.44. The molecule has 0 heterocycles. The summed E-state index contributed by atoms with van der Waals surface area (Å²) in [5.41, 5.74) is 0. The van der Waals surface area contributed by atoms with E-state index in [4.69, 9.17) is 9.47 Å². The highest BCUT2D eigenvalue weighted by Crippen LogP contribution is 2.37. The molecule has 0 atom stereocenters. The Labute approximate surface area is 81.7 Å². The van der Waals surface area contributed by atoms with Crippen LogP contribution in [0.1, 0.15) is 0 Å². The molecule has 1 aromatic carbocycles. The molecule has 1 rings (SSSR count). The quantitative estimate of drug-likeness (QED) is 0.759. The van der Waals surface area contributed by atoms with E-state index in [0.29, 0.717) is 11.5 Å². The molecular weight excluding hydrogens is 188 g/mol. The molecule has 0 unspecified atom stereocenters. The fourth-order valence-electron chi connectivity index (χ4n) is 1.01. The lowest BCUT2D eigenvalue weighted by molar-refractivity contribution is 0.361. The molecule has 0 aliphatic carbocycles. The standard InChI is InChI=1S/C9H12O3S/c1-11-7-5-9(13-3)8(12-2)4-6(7)10/h4-5,10H,1-3H3. The Morgan fingerprint density at radius 1 is 1.15 bits per heavy atom. The molecule has 0 aromatic heterocycles. The van der Waals surface area contributed by atoms with Crippen LogP contribution in [0, 0.1) is 0 Å². The van der Waals surface area contributed by atoms with Gasteiger partial charge >= 0.3 is 0 Å². The lowest BCUT2D eigenvalue weighted by Crippen LogP contribution is -1.89. The fraction of sp³-hybridized carbons (Fsp3) is 0.333. The first-order chi connectivity index (χ1) is 6.22. The molecule has 0 bridgehead atoms. The molecule has 0 saturated heterocycles. The van der Waals surface area contributed by atoms with E-state index in [0.717, 1.165) is 4.90 Å². The van der Waals surface area contributed by atoms with Crippen molar-refractivity contribution in [3.8, 4) is 17.2 Å². The molecule has 0 saturated carbocycles. The molecule has 3 nitrogen and oxygen atoms in total. The monoisotopic (exact) mass is 200 g/mol. The van der Waals surface area contributed by atoms with Crippen molar-refractivity contribution in [3.63, 3.8) is 0 Å². The molecule has 4 heteroatoms. The molecule has 1 aromatic rings. The lowest BCUT2D eigenvalue weighted by Gasteiger charge is -2.09. The summed E-state index contributed by atoms with van der Waals surface area (Å²) in [5.74, 6) is 1.22. The van der Waals surface area contributed by atoms with Crippen LogP contribution in [-0.4, -0.2) is 25.6 Å². The SMILES string of the molecule is COc1cc(SC)c(OC)cc1O. The second-order valence-electron chi connectivity index (χ2n) is 2.38. The second-order valence-corrected chi connectivity index (χ2v) is 3.23. The first-order valence-electron chi connectivity index (χ1n) is 3.72. The van der Waals surface area contributed by atoms with E-state index in [2.05, 4.69) is 0 Å². The van der Waals surface area contributed by atoms with Gasteiger partial charge in [-0.15, -0.1) is 11.8 Å². The van der Waals surface area contributed by atoms with Crippen molar-refractivity contribution in [2.45, 2.75) is 4.90 Å². The van der Waals surface area contributed by atoms with E-state index in [1.807, 2.05) is 6.26 Å². The Morgan fingerprint density at radius 2 is 1.77 bits per heavy atom. The van der Waals surface area contributed by atoms with Gasteiger partial charge in [-0.25, -0.2) is 0 Å². The van der Waals surface area contributed by atoms with Gasteiger partial charge in [0.25, 0.3) is 0 Å². The van der Waals surface area contributed by atoms with Crippen LogP contribution in [0.4, 0.5) is 0 Å². The Kier molecular flexibility index (Phi) is 3.31. The highest BCUT2D eigenvalue weighted by atomic mass is 32.2. The molecule has 0 radical (unpaired) electrons. The minimum absolute atomic E-state index is 0.0946. The van der Waals surface area contributed by atoms with Crippen molar-refractivity contribution in [2.75, 3.05) is 20.5 Å². The normalized spacial score (nSPS) is 9.77. The molecule has 0 amide bonds. The highest BCUT2D eigenvalue weighted by molar-refractivity contribution is 7.98. The summed E-state index contributed by atoms with van der Waals surface area (Å²) in [6, 6.07) is 3.30. The van der Waals surface area contributed by atoms with Crippen LogP contribution in [0.2, 0.25) is 0 Å². The number of aromatic hydroxyl groups is 1. The minimum atomic E-state index is 0.0946. The summed E-state index contributed by atoms with van der Waals surface area (Å²) in [4.78, 5) is 0.942. The first-order valence-corrected chi connectivity index (χ1v) is 4.94. The van der Waals surface area contributed by atoms with E-state index in [9.17, 15) is 5.11 Å². The van der Waals surface area contributed by atoms with Crippen molar-refractivity contribution < 1.29 is 14.6 Å². The topological polar surface area (TPSA) is 38.7 Å². The van der Waals surface area contributed by atoms with Gasteiger partial charge in [-0.1, -0.05) is 0 Å². The summed E-state index contributed by atoms with van der Waals surface area (Å²) in [6.07, 6.45) is 1.94. The maximum absolute atomic E-state index is 9.43. The van der Waals surface area contributed by atoms with Crippen molar-refractivity contribution in [1.29, 1.82) is 0 Å². The smallest absolute Gasteiger partial charge is 0.161 e. The summed E-state index contributed by atoms with van der Waals surface area (Å²) in [5, 5.41) is 9.43. The zero-order valence-electron chi connectivity index (χ0n) is 7.83. The summed E-state index contributed by atoms with van der Waals surface area (Å²) < 4.78 is 10.0. The van der Waals surface area contributed by atoms with E-state index in [1.165, 1.54) is 7.11 Å². The van der Waals surface area contributed by atoms with Crippen LogP contribution in [-0.2, 0) is 0 Å². The zero-order valence-corrected chi connectivity index (χ0v) is 8.64. The number of thioether (sulfide) groups is 1. The van der Waals surface area contributed by atoms with Gasteiger partial charge < -0.3 is 14.6 Å². The largest absolute Gasteiger partial charge is 0.504 e. The Balaban J connectivity index is 3.18. The average Bonchev–Trinajstić information content (AvgIpc) is 2.17. The predicted molar refractivity (Wildman–Crippen MR) is 53.0 cm³/mol. The summed E-state index contributed by atoms with van der Waals surface area (Å²) in [7, 11) is 3.09. The molecule has 72 valence electrons. The molecule has 0 fully saturated rings. The number of benzene rings is 1. The molecule has 1 N–H and O–H groups in total. The Bertz CT molecular complexity index is 299. The van der Waals surface area contributed by atoms with Crippen molar-refractivity contribution in [1.82, 2.24) is 0 Å². The van der Waals surface area contributed by atoms with E-state index >= 15 is 0 Å². The Morgan fingerprint density at radius 3 is 2.23 bits per heavy atom. The molecule has 13 heavy (non-hydrogen) atoms. The molecule has 0 spiro atoms.